The summed E-state index contributed by atoms with van der Waals surface area (Å²) in [5.41, 5.74) is 4.61. The summed E-state index contributed by atoms with van der Waals surface area (Å²) in [4.78, 5) is 13.6. The van der Waals surface area contributed by atoms with Crippen LogP contribution in [0.15, 0.2) is 21.5 Å². The predicted octanol–water partition coefficient (Wildman–Crippen LogP) is 5.30. The highest BCUT2D eigenvalue weighted by atomic mass is 79.9. The molecule has 4 rings (SSSR count). The Balaban J connectivity index is 1.77. The van der Waals surface area contributed by atoms with Crippen molar-refractivity contribution < 1.29 is 4.74 Å². The zero-order valence-corrected chi connectivity index (χ0v) is 21.2. The van der Waals surface area contributed by atoms with Gasteiger partial charge in [0, 0.05) is 18.8 Å². The van der Waals surface area contributed by atoms with Gasteiger partial charge in [0.05, 0.1) is 33.8 Å². The van der Waals surface area contributed by atoms with E-state index in [2.05, 4.69) is 67.4 Å². The van der Waals surface area contributed by atoms with Gasteiger partial charge in [0.1, 0.15) is 6.04 Å². The number of thiazole rings is 1. The van der Waals surface area contributed by atoms with Crippen molar-refractivity contribution in [2.24, 2.45) is 16.0 Å². The Morgan fingerprint density at radius 1 is 1.20 bits per heavy atom. The average Bonchev–Trinajstić information content (AvgIpc) is 3.25. The molecule has 1 fully saturated rings. The monoisotopic (exact) mass is 493 g/mol. The lowest BCUT2D eigenvalue weighted by Crippen LogP contribution is -2.40. The minimum Gasteiger partial charge on any atom is -0.378 e. The summed E-state index contributed by atoms with van der Waals surface area (Å²) < 4.78 is 5.26. The van der Waals surface area contributed by atoms with Crippen LogP contribution in [-0.2, 0) is 4.74 Å². The Bertz CT molecular complexity index is 909. The summed E-state index contributed by atoms with van der Waals surface area (Å²) in [7, 11) is 0. The molecule has 2 atom stereocenters. The van der Waals surface area contributed by atoms with Crippen LogP contribution in [0, 0.1) is 12.8 Å². The van der Waals surface area contributed by atoms with Gasteiger partial charge in [-0.05, 0) is 52.0 Å². The van der Waals surface area contributed by atoms with Crippen LogP contribution in [-0.4, -0.2) is 52.0 Å². The molecule has 0 radical (unpaired) electrons. The number of ether oxygens (including phenoxy) is 1. The maximum Gasteiger partial charge on any atom is 0.186 e. The van der Waals surface area contributed by atoms with Crippen LogP contribution in [0.1, 0.15) is 64.1 Å². The van der Waals surface area contributed by atoms with Gasteiger partial charge in [-0.15, -0.1) is 0 Å². The Morgan fingerprint density at radius 3 is 2.50 bits per heavy atom. The lowest BCUT2D eigenvalue weighted by molar-refractivity contribution is 0.122. The summed E-state index contributed by atoms with van der Waals surface area (Å²) in [5, 5.41) is 8.29. The first-order valence-corrected chi connectivity index (χ1v) is 12.5. The van der Waals surface area contributed by atoms with Gasteiger partial charge in [-0.3, -0.25) is 0 Å². The molecule has 0 aromatic carbocycles. The van der Waals surface area contributed by atoms with Crippen LogP contribution in [0.25, 0.3) is 0 Å². The van der Waals surface area contributed by atoms with Gasteiger partial charge in [-0.2, -0.15) is 5.10 Å². The summed E-state index contributed by atoms with van der Waals surface area (Å²) in [6, 6.07) is 0.0233. The number of aliphatic imine (C=N–C) groups is 1. The third-order valence-corrected chi connectivity index (χ3v) is 8.84. The molecule has 0 N–H and O–H groups in total. The Hall–Kier alpha value is -1.25. The largest absolute Gasteiger partial charge is 0.378 e. The van der Waals surface area contributed by atoms with Crippen molar-refractivity contribution >= 4 is 43.8 Å². The van der Waals surface area contributed by atoms with E-state index in [1.165, 1.54) is 10.5 Å². The van der Waals surface area contributed by atoms with Crippen LogP contribution >= 0.6 is 27.3 Å². The maximum atomic E-state index is 5.51. The van der Waals surface area contributed by atoms with E-state index >= 15 is 0 Å². The molecule has 2 unspecified atom stereocenters. The molecule has 0 bridgehead atoms. The van der Waals surface area contributed by atoms with Crippen molar-refractivity contribution in [3.63, 3.8) is 0 Å². The highest BCUT2D eigenvalue weighted by molar-refractivity contribution is 9.10. The topological polar surface area (TPSA) is 53.3 Å². The number of fused-ring (bicyclic) bond motifs is 1. The second-order valence-corrected chi connectivity index (χ2v) is 11.1. The first-order chi connectivity index (χ1) is 14.3. The molecule has 1 aromatic heterocycles. The zero-order valence-electron chi connectivity index (χ0n) is 18.8. The second kappa shape index (κ2) is 8.36. The minimum atomic E-state index is -0.254. The number of nitrogens with zero attached hydrogens (tertiary/aromatic N) is 5. The fourth-order valence-electron chi connectivity index (χ4n) is 4.63. The molecule has 3 aliphatic heterocycles. The van der Waals surface area contributed by atoms with E-state index < -0.39 is 0 Å². The van der Waals surface area contributed by atoms with Crippen molar-refractivity contribution in [1.29, 1.82) is 0 Å². The van der Waals surface area contributed by atoms with Crippen LogP contribution < -0.4 is 4.90 Å². The number of hydrazone groups is 1. The molecule has 8 heteroatoms. The summed E-state index contributed by atoms with van der Waals surface area (Å²) >= 11 is 5.78. The molecule has 6 nitrogen and oxygen atoms in total. The standard InChI is InChI=1S/C22H32BrN5OS/c1-7-16(8-2)17-20-24-13(3)18(28(20)26-15(5)22(17,6)23)19-14(4)25-21(30-19)27-9-11-29-12-10-27/h16,18H,7-12H2,1-6H3. The number of morpholine rings is 1. The Kier molecular flexibility index (Phi) is 6.12. The maximum absolute atomic E-state index is 5.51. The Morgan fingerprint density at radius 2 is 1.87 bits per heavy atom. The van der Waals surface area contributed by atoms with Crippen LogP contribution in [0.5, 0.6) is 0 Å². The van der Waals surface area contributed by atoms with Crippen molar-refractivity contribution in [3.8, 4) is 0 Å². The number of alkyl halides is 1. The smallest absolute Gasteiger partial charge is 0.186 e. The van der Waals surface area contributed by atoms with E-state index in [0.29, 0.717) is 5.92 Å². The average molecular weight is 495 g/mol. The minimum absolute atomic E-state index is 0.0233. The van der Waals surface area contributed by atoms with E-state index in [1.807, 2.05) is 0 Å². The fraction of sp³-hybridized carbons (Fsp3) is 0.682. The van der Waals surface area contributed by atoms with E-state index in [4.69, 9.17) is 19.8 Å². The number of hydrogen-bond donors (Lipinski definition) is 0. The number of anilines is 1. The summed E-state index contributed by atoms with van der Waals surface area (Å²) in [6.07, 6.45) is 2.19. The normalized spacial score (nSPS) is 27.0. The number of hydrogen-bond acceptors (Lipinski definition) is 7. The van der Waals surface area contributed by atoms with Crippen LogP contribution in [0.2, 0.25) is 0 Å². The van der Waals surface area contributed by atoms with Crippen molar-refractivity contribution in [1.82, 2.24) is 9.99 Å². The third kappa shape index (κ3) is 3.54. The van der Waals surface area contributed by atoms with E-state index in [1.54, 1.807) is 11.3 Å². The van der Waals surface area contributed by atoms with Crippen molar-refractivity contribution in [3.05, 3.63) is 22.0 Å². The first-order valence-electron chi connectivity index (χ1n) is 10.9. The quantitative estimate of drug-likeness (QED) is 0.522. The molecule has 4 heterocycles. The van der Waals surface area contributed by atoms with Crippen molar-refractivity contribution in [2.75, 3.05) is 31.2 Å². The molecule has 0 saturated carbocycles. The number of allylic oxidation sites excluding steroid dienone is 1. The zero-order chi connectivity index (χ0) is 21.6. The molecule has 0 amide bonds. The van der Waals surface area contributed by atoms with Gasteiger partial charge >= 0.3 is 0 Å². The summed E-state index contributed by atoms with van der Waals surface area (Å²) in [5.74, 6) is 1.50. The van der Waals surface area contributed by atoms with Gasteiger partial charge in [-0.1, -0.05) is 41.1 Å². The lowest BCUT2D eigenvalue weighted by atomic mass is 9.82. The number of rotatable bonds is 5. The molecule has 164 valence electrons. The van der Waals surface area contributed by atoms with Crippen LogP contribution in [0.4, 0.5) is 5.13 Å². The van der Waals surface area contributed by atoms with E-state index in [-0.39, 0.29) is 10.4 Å². The van der Waals surface area contributed by atoms with E-state index in [0.717, 1.165) is 67.2 Å². The first kappa shape index (κ1) is 22.0. The molecular formula is C22H32BrN5OS. The Labute approximate surface area is 192 Å². The molecule has 30 heavy (non-hydrogen) atoms. The predicted molar refractivity (Wildman–Crippen MR) is 129 cm³/mol. The van der Waals surface area contributed by atoms with Crippen LogP contribution in [0.3, 0.4) is 0 Å². The molecule has 1 saturated heterocycles. The lowest BCUT2D eigenvalue weighted by Gasteiger charge is -2.39. The molecule has 0 spiro atoms. The highest BCUT2D eigenvalue weighted by Gasteiger charge is 2.46. The second-order valence-electron chi connectivity index (χ2n) is 8.48. The summed E-state index contributed by atoms with van der Waals surface area (Å²) in [6.45, 7) is 16.4. The molecule has 3 aliphatic rings. The van der Waals surface area contributed by atoms with E-state index in [9.17, 15) is 0 Å². The molecule has 1 aromatic rings. The third-order valence-electron chi connectivity index (χ3n) is 6.57. The van der Waals surface area contributed by atoms with Gasteiger partial charge in [-0.25, -0.2) is 15.0 Å². The number of halogens is 1. The van der Waals surface area contributed by atoms with Gasteiger partial charge < -0.3 is 9.64 Å². The highest BCUT2D eigenvalue weighted by Crippen LogP contribution is 2.49. The van der Waals surface area contributed by atoms with Gasteiger partial charge in [0.2, 0.25) is 0 Å². The molecule has 0 aliphatic carbocycles. The van der Waals surface area contributed by atoms with Gasteiger partial charge in [0.25, 0.3) is 0 Å². The fourth-order valence-corrected chi connectivity index (χ4v) is 6.48. The molecular weight excluding hydrogens is 462 g/mol. The van der Waals surface area contributed by atoms with Crippen molar-refractivity contribution in [2.45, 2.75) is 64.8 Å². The number of aryl methyl sites for hydroxylation is 1. The number of aromatic nitrogens is 1. The van der Waals surface area contributed by atoms with Gasteiger partial charge in [0.15, 0.2) is 11.0 Å². The SMILES string of the molecule is CCC(CC)C1=C2N=C(C)C(c3sc(N4CCOCC4)nc3C)N2N=C(C)C1(C)Br.